The van der Waals surface area contributed by atoms with E-state index in [-0.39, 0.29) is 23.7 Å². The molecule has 0 unspecified atom stereocenters. The van der Waals surface area contributed by atoms with E-state index >= 15 is 4.39 Å². The molecule has 4 atom stereocenters. The zero-order chi connectivity index (χ0) is 26.6. The molecule has 6 rings (SSSR count). The molecule has 4 aromatic heterocycles. The first-order valence-corrected chi connectivity index (χ1v) is 13.1. The summed E-state index contributed by atoms with van der Waals surface area (Å²) < 4.78 is 24.3. The minimum absolute atomic E-state index is 0.0433. The Morgan fingerprint density at radius 2 is 2.16 bits per heavy atom. The number of nitrogens with zero attached hydrogens (tertiary/aromatic N) is 5. The van der Waals surface area contributed by atoms with Crippen LogP contribution in [-0.4, -0.2) is 47.6 Å². The van der Waals surface area contributed by atoms with Gasteiger partial charge in [-0.3, -0.25) is 14.5 Å². The summed E-state index contributed by atoms with van der Waals surface area (Å²) in [6.07, 6.45) is 7.76. The maximum absolute atomic E-state index is 15.3. The Hall–Kier alpha value is -3.79. The van der Waals surface area contributed by atoms with E-state index in [1.165, 1.54) is 10.7 Å². The van der Waals surface area contributed by atoms with Crippen molar-refractivity contribution >= 4 is 17.2 Å². The van der Waals surface area contributed by atoms with Crippen LogP contribution in [0.25, 0.3) is 16.8 Å². The second kappa shape index (κ2) is 9.20. The van der Waals surface area contributed by atoms with E-state index in [9.17, 15) is 9.90 Å². The maximum Gasteiger partial charge on any atom is 0.229 e. The molecule has 2 fully saturated rings. The highest BCUT2D eigenvalue weighted by Gasteiger charge is 2.45. The maximum atomic E-state index is 15.3. The number of hydrogen-bond donors (Lipinski definition) is 2. The van der Waals surface area contributed by atoms with E-state index in [4.69, 9.17) is 4.74 Å². The molecule has 2 saturated carbocycles. The number of rotatable bonds is 8. The molecule has 0 saturated heterocycles. The average molecular weight is 519 g/mol. The third-order valence-corrected chi connectivity index (χ3v) is 8.14. The minimum atomic E-state index is -0.692. The number of aromatic nitrogens is 5. The Morgan fingerprint density at radius 3 is 2.87 bits per heavy atom. The van der Waals surface area contributed by atoms with E-state index in [0.29, 0.717) is 41.4 Å². The molecular weight excluding hydrogens is 487 g/mol. The first-order chi connectivity index (χ1) is 18.3. The van der Waals surface area contributed by atoms with Crippen LogP contribution in [0.2, 0.25) is 0 Å². The van der Waals surface area contributed by atoms with Crippen LogP contribution in [-0.2, 0) is 11.8 Å². The number of carbonyl (C=O) groups is 1. The van der Waals surface area contributed by atoms with Crippen molar-refractivity contribution in [3.8, 4) is 17.0 Å². The van der Waals surface area contributed by atoms with Crippen LogP contribution < -0.4 is 10.1 Å². The van der Waals surface area contributed by atoms with Gasteiger partial charge in [-0.1, -0.05) is 13.0 Å². The molecule has 4 heterocycles. The van der Waals surface area contributed by atoms with E-state index < -0.39 is 11.4 Å². The number of ether oxygens (including phenoxy) is 1. The molecule has 0 bridgehead atoms. The van der Waals surface area contributed by atoms with Crippen molar-refractivity contribution in [3.05, 3.63) is 59.9 Å². The predicted octanol–water partition coefficient (Wildman–Crippen LogP) is 4.25. The van der Waals surface area contributed by atoms with Crippen molar-refractivity contribution in [1.82, 2.24) is 24.4 Å². The van der Waals surface area contributed by atoms with Crippen molar-refractivity contribution in [2.75, 3.05) is 11.9 Å². The fourth-order valence-corrected chi connectivity index (χ4v) is 5.39. The number of aliphatic hydroxyl groups is 1. The van der Waals surface area contributed by atoms with Crippen LogP contribution in [0.5, 0.6) is 5.75 Å². The van der Waals surface area contributed by atoms with Gasteiger partial charge in [0.1, 0.15) is 5.69 Å². The molecule has 2 N–H and O–H groups in total. The van der Waals surface area contributed by atoms with Crippen LogP contribution >= 0.6 is 0 Å². The molecule has 2 aliphatic carbocycles. The highest BCUT2D eigenvalue weighted by atomic mass is 19.1. The fraction of sp³-hybridized carbons (Fsp3) is 0.429. The van der Waals surface area contributed by atoms with Crippen molar-refractivity contribution in [3.63, 3.8) is 0 Å². The number of fused-ring (bicyclic) bond motifs is 1. The third kappa shape index (κ3) is 4.32. The molecule has 10 heteroatoms. The van der Waals surface area contributed by atoms with Gasteiger partial charge in [0.15, 0.2) is 17.4 Å². The number of hydrogen-bond acceptors (Lipinski definition) is 6. The highest BCUT2D eigenvalue weighted by molar-refractivity contribution is 5.95. The van der Waals surface area contributed by atoms with Crippen LogP contribution in [0.1, 0.15) is 49.8 Å². The Morgan fingerprint density at radius 1 is 1.32 bits per heavy atom. The van der Waals surface area contributed by atoms with Crippen LogP contribution in [0.15, 0.2) is 42.9 Å². The topological polar surface area (TPSA) is 107 Å². The summed E-state index contributed by atoms with van der Waals surface area (Å²) in [5.74, 6) is 0.200. The quantitative estimate of drug-likeness (QED) is 0.361. The third-order valence-electron chi connectivity index (χ3n) is 8.14. The van der Waals surface area contributed by atoms with Crippen molar-refractivity contribution < 1.29 is 19.0 Å². The Kier molecular flexibility index (Phi) is 5.94. The minimum Gasteiger partial charge on any atom is -0.489 e. The van der Waals surface area contributed by atoms with Gasteiger partial charge in [-0.2, -0.15) is 5.10 Å². The van der Waals surface area contributed by atoms with Crippen molar-refractivity contribution in [1.29, 1.82) is 0 Å². The molecule has 0 radical (unpaired) electrons. The van der Waals surface area contributed by atoms with Gasteiger partial charge >= 0.3 is 0 Å². The second-order valence-corrected chi connectivity index (χ2v) is 10.6. The number of amides is 1. The van der Waals surface area contributed by atoms with Gasteiger partial charge in [0.05, 0.1) is 30.1 Å². The monoisotopic (exact) mass is 518 g/mol. The van der Waals surface area contributed by atoms with Gasteiger partial charge in [0.2, 0.25) is 5.91 Å². The van der Waals surface area contributed by atoms with E-state index in [2.05, 4.69) is 20.5 Å². The van der Waals surface area contributed by atoms with E-state index in [0.717, 1.165) is 30.5 Å². The summed E-state index contributed by atoms with van der Waals surface area (Å²) >= 11 is 0. The normalized spacial score (nSPS) is 24.3. The number of anilines is 1. The SMILES string of the molecule is CC[C@]1(O)CC[C@H]1COc1cnn(C)c1-c1cc2cc(NC(=O)[C@H]3C[C@H]3c3ccc(C)cn3)nn2cc1F. The number of aryl methyl sites for hydroxylation is 2. The van der Waals surface area contributed by atoms with Gasteiger partial charge in [-0.05, 0) is 50.3 Å². The lowest BCUT2D eigenvalue weighted by Gasteiger charge is -2.44. The molecule has 0 aliphatic heterocycles. The summed E-state index contributed by atoms with van der Waals surface area (Å²) in [5, 5.41) is 22.1. The van der Waals surface area contributed by atoms with Crippen molar-refractivity contribution in [2.45, 2.75) is 51.0 Å². The van der Waals surface area contributed by atoms with E-state index in [1.54, 1.807) is 30.1 Å². The summed E-state index contributed by atoms with van der Waals surface area (Å²) in [5.41, 5.74) is 2.75. The van der Waals surface area contributed by atoms with E-state index in [1.807, 2.05) is 32.2 Å². The standard InChI is InChI=1S/C28H31FN6O3/c1-4-28(37)8-7-17(28)15-38-24-13-31-34(3)26(24)21-9-18-10-25(33-35(18)14-22(21)29)32-27(36)20-11-19(20)23-6-5-16(2)12-30-23/h5-6,9-10,12-14,17,19-20,37H,4,7-8,11,15H2,1-3H3,(H,32,33,36)/t17-,19+,20-,28-/m0/s1. The summed E-state index contributed by atoms with van der Waals surface area (Å²) in [4.78, 5) is 17.3. The molecule has 9 nitrogen and oxygen atoms in total. The first kappa shape index (κ1) is 24.5. The lowest BCUT2D eigenvalue weighted by Crippen LogP contribution is -2.49. The molecule has 1 amide bonds. The molecule has 198 valence electrons. The fourth-order valence-electron chi connectivity index (χ4n) is 5.39. The molecule has 0 spiro atoms. The second-order valence-electron chi connectivity index (χ2n) is 10.6. The largest absolute Gasteiger partial charge is 0.489 e. The summed E-state index contributed by atoms with van der Waals surface area (Å²) in [6.45, 7) is 4.30. The number of nitrogens with one attached hydrogen (secondary N) is 1. The number of halogens is 1. The van der Waals surface area contributed by atoms with Crippen LogP contribution in [0.3, 0.4) is 0 Å². The van der Waals surface area contributed by atoms with Crippen LogP contribution in [0, 0.1) is 24.6 Å². The predicted molar refractivity (Wildman–Crippen MR) is 139 cm³/mol. The molecule has 0 aromatic carbocycles. The zero-order valence-electron chi connectivity index (χ0n) is 21.7. The first-order valence-electron chi connectivity index (χ1n) is 13.1. The summed E-state index contributed by atoms with van der Waals surface area (Å²) in [6, 6.07) is 7.36. The van der Waals surface area contributed by atoms with Gasteiger partial charge in [-0.25, -0.2) is 8.91 Å². The molecule has 2 aliphatic rings. The molecule has 4 aromatic rings. The van der Waals surface area contributed by atoms with Crippen LogP contribution in [0.4, 0.5) is 10.2 Å². The zero-order valence-corrected chi connectivity index (χ0v) is 21.7. The summed E-state index contributed by atoms with van der Waals surface area (Å²) in [7, 11) is 1.73. The Labute approximate surface area is 219 Å². The van der Waals surface area contributed by atoms with Crippen molar-refractivity contribution in [2.24, 2.45) is 18.9 Å². The highest BCUT2D eigenvalue weighted by Crippen LogP contribution is 2.47. The molecule has 38 heavy (non-hydrogen) atoms. The lowest BCUT2D eigenvalue weighted by atomic mass is 9.68. The van der Waals surface area contributed by atoms with Gasteiger partial charge in [0, 0.05) is 48.3 Å². The average Bonchev–Trinajstić information content (AvgIpc) is 3.49. The Bertz CT molecular complexity index is 1510. The van der Waals surface area contributed by atoms with Gasteiger partial charge in [0.25, 0.3) is 0 Å². The van der Waals surface area contributed by atoms with Gasteiger partial charge in [-0.15, -0.1) is 5.10 Å². The smallest absolute Gasteiger partial charge is 0.229 e. The molecular formula is C28H31FN6O3. The lowest BCUT2D eigenvalue weighted by molar-refractivity contribution is -0.117. The van der Waals surface area contributed by atoms with Gasteiger partial charge < -0.3 is 15.2 Å². The number of pyridine rings is 2. The number of carbonyl (C=O) groups excluding carboxylic acids is 1. The Balaban J connectivity index is 1.19.